The van der Waals surface area contributed by atoms with Gasteiger partial charge in [0.15, 0.2) is 0 Å². The minimum absolute atomic E-state index is 0.0235. The smallest absolute Gasteiger partial charge is 0.308 e. The molecule has 0 radical (unpaired) electrons. The molecule has 0 aromatic heterocycles. The third kappa shape index (κ3) is 5.82. The van der Waals surface area contributed by atoms with Crippen molar-refractivity contribution in [2.45, 2.75) is 32.5 Å². The summed E-state index contributed by atoms with van der Waals surface area (Å²) in [6.45, 7) is 2.90. The minimum atomic E-state index is -0.687. The number of carbonyl (C=O) groups excluding carboxylic acids is 1. The van der Waals surface area contributed by atoms with Gasteiger partial charge in [0, 0.05) is 0 Å². The number of carbonyl (C=O) groups is 1. The van der Waals surface area contributed by atoms with Gasteiger partial charge in [0.2, 0.25) is 0 Å². The van der Waals surface area contributed by atoms with Gasteiger partial charge in [-0.2, -0.15) is 0 Å². The second kappa shape index (κ2) is 5.09. The third-order valence-corrected chi connectivity index (χ3v) is 1.05. The first-order valence-corrected chi connectivity index (χ1v) is 3.54. The molecule has 0 heterocycles. The van der Waals surface area contributed by atoms with Crippen molar-refractivity contribution in [1.29, 1.82) is 0 Å². The molecule has 0 bridgehead atoms. The molecule has 0 amide bonds. The number of hydrogen-bond acceptors (Lipinski definition) is 4. The van der Waals surface area contributed by atoms with E-state index in [1.165, 1.54) is 6.92 Å². The predicted molar refractivity (Wildman–Crippen MR) is 38.9 cm³/mol. The summed E-state index contributed by atoms with van der Waals surface area (Å²) in [5.74, 6) is -0.485. The van der Waals surface area contributed by atoms with Crippen LogP contribution >= 0.6 is 0 Å². The van der Waals surface area contributed by atoms with Crippen molar-refractivity contribution in [2.24, 2.45) is 0 Å². The van der Waals surface area contributed by atoms with E-state index in [0.29, 0.717) is 0 Å². The Morgan fingerprint density at radius 2 is 2.09 bits per heavy atom. The van der Waals surface area contributed by atoms with Gasteiger partial charge in [-0.1, -0.05) is 0 Å². The molecule has 0 aliphatic rings. The lowest BCUT2D eigenvalue weighted by Gasteiger charge is -2.10. The Bertz CT molecular complexity index is 122. The van der Waals surface area contributed by atoms with Gasteiger partial charge >= 0.3 is 5.97 Å². The first-order chi connectivity index (χ1) is 5.06. The zero-order chi connectivity index (χ0) is 8.85. The van der Waals surface area contributed by atoms with Crippen LogP contribution in [0.5, 0.6) is 0 Å². The minimum Gasteiger partial charge on any atom is -0.460 e. The number of aliphatic hydroxyl groups excluding tert-OH is 2. The van der Waals surface area contributed by atoms with Crippen molar-refractivity contribution in [1.82, 2.24) is 0 Å². The van der Waals surface area contributed by atoms with Gasteiger partial charge in [0.05, 0.1) is 19.1 Å². The van der Waals surface area contributed by atoms with Gasteiger partial charge in [0.1, 0.15) is 6.10 Å². The molecule has 0 unspecified atom stereocenters. The quantitative estimate of drug-likeness (QED) is 0.556. The Balaban J connectivity index is 3.52. The van der Waals surface area contributed by atoms with Crippen LogP contribution < -0.4 is 0 Å². The van der Waals surface area contributed by atoms with Gasteiger partial charge in [-0.3, -0.25) is 4.79 Å². The largest absolute Gasteiger partial charge is 0.460 e. The van der Waals surface area contributed by atoms with E-state index < -0.39 is 18.2 Å². The lowest BCUT2D eigenvalue weighted by Crippen LogP contribution is -2.21. The topological polar surface area (TPSA) is 66.8 Å². The molecule has 0 fully saturated rings. The van der Waals surface area contributed by atoms with Gasteiger partial charge in [0.25, 0.3) is 0 Å². The Morgan fingerprint density at radius 3 is 2.45 bits per heavy atom. The Hall–Kier alpha value is -0.610. The Labute approximate surface area is 65.8 Å². The first-order valence-electron chi connectivity index (χ1n) is 3.54. The van der Waals surface area contributed by atoms with Crippen LogP contribution in [0.1, 0.15) is 20.3 Å². The molecule has 11 heavy (non-hydrogen) atoms. The van der Waals surface area contributed by atoms with Crippen LogP contribution in [0.15, 0.2) is 0 Å². The Kier molecular flexibility index (Phi) is 4.81. The zero-order valence-electron chi connectivity index (χ0n) is 6.78. The van der Waals surface area contributed by atoms with Gasteiger partial charge in [-0.25, -0.2) is 0 Å². The number of hydrogen-bond donors (Lipinski definition) is 2. The number of rotatable bonds is 4. The van der Waals surface area contributed by atoms with Crippen molar-refractivity contribution < 1.29 is 19.7 Å². The Morgan fingerprint density at radius 1 is 1.55 bits per heavy atom. The van der Waals surface area contributed by atoms with Gasteiger partial charge in [-0.15, -0.1) is 0 Å². The summed E-state index contributed by atoms with van der Waals surface area (Å²) in [6, 6.07) is 0. The molecule has 0 spiro atoms. The second-order valence-corrected chi connectivity index (χ2v) is 2.54. The summed E-state index contributed by atoms with van der Waals surface area (Å²) in [6.07, 6.45) is -1.20. The van der Waals surface area contributed by atoms with E-state index >= 15 is 0 Å². The predicted octanol–water partition coefficient (Wildman–Crippen LogP) is -0.319. The first kappa shape index (κ1) is 10.4. The molecule has 4 heteroatoms. The molecule has 0 saturated heterocycles. The summed E-state index contributed by atoms with van der Waals surface area (Å²) in [4.78, 5) is 10.7. The molecule has 0 rings (SSSR count). The highest BCUT2D eigenvalue weighted by Crippen LogP contribution is 1.96. The van der Waals surface area contributed by atoms with Crippen LogP contribution in [0.4, 0.5) is 0 Å². The van der Waals surface area contributed by atoms with E-state index in [-0.39, 0.29) is 13.0 Å². The highest BCUT2D eigenvalue weighted by atomic mass is 16.6. The molecular weight excluding hydrogens is 148 g/mol. The van der Waals surface area contributed by atoms with Crippen molar-refractivity contribution in [3.8, 4) is 0 Å². The summed E-state index contributed by atoms with van der Waals surface area (Å²) >= 11 is 0. The van der Waals surface area contributed by atoms with E-state index in [9.17, 15) is 4.79 Å². The van der Waals surface area contributed by atoms with Gasteiger partial charge in [-0.05, 0) is 13.8 Å². The van der Waals surface area contributed by atoms with E-state index in [0.717, 1.165) is 0 Å². The van der Waals surface area contributed by atoms with E-state index in [1.807, 2.05) is 0 Å². The molecule has 0 saturated carbocycles. The molecular formula is C7H14O4. The fourth-order valence-electron chi connectivity index (χ4n) is 0.551. The zero-order valence-corrected chi connectivity index (χ0v) is 6.78. The van der Waals surface area contributed by atoms with Gasteiger partial charge < -0.3 is 14.9 Å². The van der Waals surface area contributed by atoms with Crippen LogP contribution in [0.2, 0.25) is 0 Å². The third-order valence-electron chi connectivity index (χ3n) is 1.05. The van der Waals surface area contributed by atoms with Crippen LogP contribution in [0.3, 0.4) is 0 Å². The normalized spacial score (nSPS) is 15.6. The monoisotopic (exact) mass is 162 g/mol. The summed E-state index contributed by atoms with van der Waals surface area (Å²) < 4.78 is 4.66. The molecule has 66 valence electrons. The number of esters is 1. The average molecular weight is 162 g/mol. The molecule has 0 aromatic rings. The SMILES string of the molecule is C[C@@H](O)CC(=O)O[C@@H](C)CO. The van der Waals surface area contributed by atoms with Crippen molar-refractivity contribution in [3.63, 3.8) is 0 Å². The average Bonchev–Trinajstić information content (AvgIpc) is 1.85. The van der Waals surface area contributed by atoms with E-state index in [4.69, 9.17) is 10.2 Å². The summed E-state index contributed by atoms with van der Waals surface area (Å²) in [5, 5.41) is 17.2. The summed E-state index contributed by atoms with van der Waals surface area (Å²) in [5.41, 5.74) is 0. The highest BCUT2D eigenvalue weighted by Gasteiger charge is 2.10. The van der Waals surface area contributed by atoms with E-state index in [2.05, 4.69) is 4.74 Å². The molecule has 0 aromatic carbocycles. The van der Waals surface area contributed by atoms with Crippen LogP contribution in [-0.2, 0) is 9.53 Å². The molecule has 4 nitrogen and oxygen atoms in total. The molecule has 2 N–H and O–H groups in total. The van der Waals surface area contributed by atoms with Crippen LogP contribution in [-0.4, -0.2) is 35.0 Å². The summed E-state index contributed by atoms with van der Waals surface area (Å²) in [7, 11) is 0. The molecule has 0 aliphatic carbocycles. The fraction of sp³-hybridized carbons (Fsp3) is 0.857. The maximum atomic E-state index is 10.7. The van der Waals surface area contributed by atoms with E-state index in [1.54, 1.807) is 6.92 Å². The maximum Gasteiger partial charge on any atom is 0.308 e. The fourth-order valence-corrected chi connectivity index (χ4v) is 0.551. The van der Waals surface area contributed by atoms with Crippen molar-refractivity contribution in [2.75, 3.05) is 6.61 Å². The van der Waals surface area contributed by atoms with Crippen LogP contribution in [0, 0.1) is 0 Å². The van der Waals surface area contributed by atoms with Crippen molar-refractivity contribution >= 4 is 5.97 Å². The lowest BCUT2D eigenvalue weighted by molar-refractivity contribution is -0.151. The lowest BCUT2D eigenvalue weighted by atomic mass is 10.3. The molecule has 2 atom stereocenters. The number of aliphatic hydroxyl groups is 2. The standard InChI is InChI=1S/C7H14O4/c1-5(9)3-7(10)11-6(2)4-8/h5-6,8-9H,3-4H2,1-2H3/t5-,6+/m1/s1. The molecule has 0 aliphatic heterocycles. The van der Waals surface area contributed by atoms with Crippen LogP contribution in [0.25, 0.3) is 0 Å². The highest BCUT2D eigenvalue weighted by molar-refractivity contribution is 5.70. The maximum absolute atomic E-state index is 10.7. The van der Waals surface area contributed by atoms with Crippen molar-refractivity contribution in [3.05, 3.63) is 0 Å². The second-order valence-electron chi connectivity index (χ2n) is 2.54. The number of ether oxygens (including phenoxy) is 1.